The summed E-state index contributed by atoms with van der Waals surface area (Å²) >= 11 is 0. The Balaban J connectivity index is 2.24. The van der Waals surface area contributed by atoms with Gasteiger partial charge in [-0.1, -0.05) is 17.7 Å². The van der Waals surface area contributed by atoms with E-state index in [1.807, 2.05) is 31.2 Å². The lowest BCUT2D eigenvalue weighted by Gasteiger charge is -2.14. The first-order valence-electron chi connectivity index (χ1n) is 9.81. The average molecular weight is 392 g/mol. The maximum Gasteiger partial charge on any atom is 0.161 e. The standard InChI is InChI=1S/C24H29N3O2/c1-8-27-18(5)25-20(19-9-10-21(28-6)22(13-19)29-7)14-23(27)26-24-16(3)11-15(2)12-17(24)4/h9-14H,8H2,1-7H3. The molecule has 152 valence electrons. The lowest BCUT2D eigenvalue weighted by atomic mass is 10.1. The van der Waals surface area contributed by atoms with Crippen molar-refractivity contribution < 1.29 is 9.47 Å². The molecule has 0 saturated carbocycles. The van der Waals surface area contributed by atoms with Gasteiger partial charge < -0.3 is 14.0 Å². The van der Waals surface area contributed by atoms with Crippen LogP contribution >= 0.6 is 0 Å². The summed E-state index contributed by atoms with van der Waals surface area (Å²) < 4.78 is 12.9. The molecular formula is C24H29N3O2. The number of benzene rings is 2. The molecule has 5 nitrogen and oxygen atoms in total. The molecule has 2 aromatic carbocycles. The van der Waals surface area contributed by atoms with Crippen LogP contribution in [0, 0.1) is 27.7 Å². The monoisotopic (exact) mass is 391 g/mol. The van der Waals surface area contributed by atoms with Crippen molar-refractivity contribution in [2.75, 3.05) is 14.2 Å². The normalized spacial score (nSPS) is 11.6. The van der Waals surface area contributed by atoms with Gasteiger partial charge in [0.05, 0.1) is 25.6 Å². The summed E-state index contributed by atoms with van der Waals surface area (Å²) in [5.41, 5.74) is 7.32. The van der Waals surface area contributed by atoms with E-state index in [2.05, 4.69) is 44.4 Å². The van der Waals surface area contributed by atoms with Crippen molar-refractivity contribution in [3.63, 3.8) is 0 Å². The Hall–Kier alpha value is -3.08. The lowest BCUT2D eigenvalue weighted by Crippen LogP contribution is -2.24. The number of ether oxygens (including phenoxy) is 2. The fourth-order valence-corrected chi connectivity index (χ4v) is 3.72. The fourth-order valence-electron chi connectivity index (χ4n) is 3.72. The number of hydrogen-bond acceptors (Lipinski definition) is 4. The molecule has 0 radical (unpaired) electrons. The first-order valence-corrected chi connectivity index (χ1v) is 9.81. The molecule has 0 bridgehead atoms. The molecule has 0 N–H and O–H groups in total. The van der Waals surface area contributed by atoms with E-state index >= 15 is 0 Å². The molecule has 3 rings (SSSR count). The molecule has 5 heteroatoms. The van der Waals surface area contributed by atoms with Crippen LogP contribution in [0.2, 0.25) is 0 Å². The molecule has 1 heterocycles. The second-order valence-corrected chi connectivity index (χ2v) is 7.22. The number of nitrogens with zero attached hydrogens (tertiary/aromatic N) is 3. The van der Waals surface area contributed by atoms with E-state index in [0.717, 1.165) is 34.8 Å². The van der Waals surface area contributed by atoms with Crippen LogP contribution < -0.4 is 15.0 Å². The molecule has 3 aromatic rings. The van der Waals surface area contributed by atoms with Crippen molar-refractivity contribution in [1.82, 2.24) is 9.55 Å². The Morgan fingerprint density at radius 3 is 2.14 bits per heavy atom. The first-order chi connectivity index (χ1) is 13.9. The van der Waals surface area contributed by atoms with E-state index in [1.54, 1.807) is 14.2 Å². The maximum absolute atomic E-state index is 5.46. The number of hydrogen-bond donors (Lipinski definition) is 0. The second kappa shape index (κ2) is 8.52. The van der Waals surface area contributed by atoms with Crippen LogP contribution in [0.1, 0.15) is 29.4 Å². The Labute approximate surface area is 172 Å². The summed E-state index contributed by atoms with van der Waals surface area (Å²) in [5, 5.41) is 0. The minimum atomic E-state index is 0.681. The topological polar surface area (TPSA) is 48.6 Å². The van der Waals surface area contributed by atoms with Gasteiger partial charge in [0.25, 0.3) is 0 Å². The van der Waals surface area contributed by atoms with Crippen molar-refractivity contribution >= 4 is 5.69 Å². The Morgan fingerprint density at radius 1 is 0.897 bits per heavy atom. The summed E-state index contributed by atoms with van der Waals surface area (Å²) in [6.07, 6.45) is 0. The van der Waals surface area contributed by atoms with E-state index in [9.17, 15) is 0 Å². The summed E-state index contributed by atoms with van der Waals surface area (Å²) in [6, 6.07) is 12.2. The van der Waals surface area contributed by atoms with E-state index < -0.39 is 0 Å². The fraction of sp³-hybridized carbons (Fsp3) is 0.333. The molecule has 0 aliphatic carbocycles. The van der Waals surface area contributed by atoms with Crippen molar-refractivity contribution in [1.29, 1.82) is 0 Å². The highest BCUT2D eigenvalue weighted by molar-refractivity contribution is 5.64. The van der Waals surface area contributed by atoms with E-state index in [1.165, 1.54) is 16.7 Å². The third-order valence-electron chi connectivity index (χ3n) is 5.07. The molecule has 0 unspecified atom stereocenters. The van der Waals surface area contributed by atoms with Gasteiger partial charge in [-0.3, -0.25) is 0 Å². The average Bonchev–Trinajstić information content (AvgIpc) is 2.69. The molecular weight excluding hydrogens is 362 g/mol. The highest BCUT2D eigenvalue weighted by Crippen LogP contribution is 2.31. The SMILES string of the molecule is CCn1c(C)nc(-c2ccc(OC)c(OC)c2)cc1=Nc1c(C)cc(C)cc1C. The second-order valence-electron chi connectivity index (χ2n) is 7.22. The van der Waals surface area contributed by atoms with Gasteiger partial charge in [-0.2, -0.15) is 0 Å². The summed E-state index contributed by atoms with van der Waals surface area (Å²) in [7, 11) is 3.27. The number of aryl methyl sites for hydroxylation is 4. The van der Waals surface area contributed by atoms with E-state index in [-0.39, 0.29) is 0 Å². The van der Waals surface area contributed by atoms with Crippen molar-refractivity contribution in [3.8, 4) is 22.8 Å². The zero-order chi connectivity index (χ0) is 21.1. The van der Waals surface area contributed by atoms with Gasteiger partial charge in [0.2, 0.25) is 0 Å². The number of aromatic nitrogens is 2. The molecule has 0 saturated heterocycles. The number of rotatable bonds is 5. The minimum absolute atomic E-state index is 0.681. The highest BCUT2D eigenvalue weighted by atomic mass is 16.5. The van der Waals surface area contributed by atoms with Crippen LogP contribution in [-0.2, 0) is 6.54 Å². The van der Waals surface area contributed by atoms with Gasteiger partial charge in [0.1, 0.15) is 11.3 Å². The Morgan fingerprint density at radius 2 is 1.55 bits per heavy atom. The predicted molar refractivity (Wildman–Crippen MR) is 117 cm³/mol. The van der Waals surface area contributed by atoms with Gasteiger partial charge in [0.15, 0.2) is 11.5 Å². The zero-order valence-corrected chi connectivity index (χ0v) is 18.3. The van der Waals surface area contributed by atoms with Gasteiger partial charge in [-0.25, -0.2) is 9.98 Å². The summed E-state index contributed by atoms with van der Waals surface area (Å²) in [4.78, 5) is 9.86. The predicted octanol–water partition coefficient (Wildman–Crippen LogP) is 5.05. The van der Waals surface area contributed by atoms with E-state index in [4.69, 9.17) is 19.5 Å². The van der Waals surface area contributed by atoms with Crippen LogP contribution in [0.15, 0.2) is 41.4 Å². The van der Waals surface area contributed by atoms with Crippen LogP contribution in [0.5, 0.6) is 11.5 Å². The van der Waals surface area contributed by atoms with Gasteiger partial charge in [-0.15, -0.1) is 0 Å². The van der Waals surface area contributed by atoms with Crippen molar-refractivity contribution in [2.45, 2.75) is 41.2 Å². The van der Waals surface area contributed by atoms with Crippen LogP contribution in [-0.4, -0.2) is 23.8 Å². The summed E-state index contributed by atoms with van der Waals surface area (Å²) in [6.45, 7) is 11.3. The minimum Gasteiger partial charge on any atom is -0.493 e. The van der Waals surface area contributed by atoms with Gasteiger partial charge in [0, 0.05) is 18.2 Å². The Kier molecular flexibility index (Phi) is 6.06. The van der Waals surface area contributed by atoms with E-state index in [0.29, 0.717) is 11.5 Å². The Bertz CT molecular complexity index is 1090. The molecule has 1 aromatic heterocycles. The van der Waals surface area contributed by atoms with Crippen LogP contribution in [0.4, 0.5) is 5.69 Å². The molecule has 0 spiro atoms. The van der Waals surface area contributed by atoms with Crippen LogP contribution in [0.25, 0.3) is 11.3 Å². The van der Waals surface area contributed by atoms with Gasteiger partial charge >= 0.3 is 0 Å². The number of methoxy groups -OCH3 is 2. The van der Waals surface area contributed by atoms with Crippen molar-refractivity contribution in [3.05, 3.63) is 64.4 Å². The maximum atomic E-state index is 5.46. The molecule has 0 aliphatic rings. The zero-order valence-electron chi connectivity index (χ0n) is 18.3. The lowest BCUT2D eigenvalue weighted by molar-refractivity contribution is 0.355. The quantitative estimate of drug-likeness (QED) is 0.611. The molecule has 0 fully saturated rings. The third kappa shape index (κ3) is 4.19. The molecule has 0 amide bonds. The van der Waals surface area contributed by atoms with Crippen molar-refractivity contribution in [2.24, 2.45) is 4.99 Å². The first kappa shape index (κ1) is 20.6. The highest BCUT2D eigenvalue weighted by Gasteiger charge is 2.10. The summed E-state index contributed by atoms with van der Waals surface area (Å²) in [5.74, 6) is 2.30. The largest absolute Gasteiger partial charge is 0.493 e. The third-order valence-corrected chi connectivity index (χ3v) is 5.07. The molecule has 0 aliphatic heterocycles. The smallest absolute Gasteiger partial charge is 0.161 e. The molecule has 0 atom stereocenters. The van der Waals surface area contributed by atoms with Crippen LogP contribution in [0.3, 0.4) is 0 Å². The molecule has 29 heavy (non-hydrogen) atoms. The van der Waals surface area contributed by atoms with Gasteiger partial charge in [-0.05, 0) is 63.9 Å².